The summed E-state index contributed by atoms with van der Waals surface area (Å²) in [6, 6.07) is 0. The maximum absolute atomic E-state index is 8.62. The second-order valence-corrected chi connectivity index (χ2v) is 5.11. The van der Waals surface area contributed by atoms with Crippen LogP contribution in [0.1, 0.15) is 59.3 Å². The summed E-state index contributed by atoms with van der Waals surface area (Å²) in [5, 5.41) is 8.62. The molecule has 0 saturated carbocycles. The Bertz CT molecular complexity index is 158. The Morgan fingerprint density at radius 1 is 0.941 bits per heavy atom. The van der Waals surface area contributed by atoms with Crippen molar-refractivity contribution in [2.75, 3.05) is 26.4 Å². The van der Waals surface area contributed by atoms with Gasteiger partial charge in [0.25, 0.3) is 0 Å². The molecule has 0 fully saturated rings. The number of aliphatic hydroxyl groups excluding tert-OH is 1. The van der Waals surface area contributed by atoms with Gasteiger partial charge in [0.1, 0.15) is 0 Å². The van der Waals surface area contributed by atoms with E-state index in [1.165, 1.54) is 12.8 Å². The van der Waals surface area contributed by atoms with Gasteiger partial charge in [-0.3, -0.25) is 0 Å². The zero-order valence-corrected chi connectivity index (χ0v) is 11.8. The van der Waals surface area contributed by atoms with Gasteiger partial charge in [0.2, 0.25) is 0 Å². The third kappa shape index (κ3) is 12.1. The first-order chi connectivity index (χ1) is 8.12. The second-order valence-electron chi connectivity index (χ2n) is 5.11. The van der Waals surface area contributed by atoms with Gasteiger partial charge in [-0.2, -0.15) is 0 Å². The Hall–Kier alpha value is -0.120. The molecule has 0 aliphatic carbocycles. The molecule has 104 valence electrons. The molecule has 0 heterocycles. The summed E-state index contributed by atoms with van der Waals surface area (Å²) >= 11 is 0. The summed E-state index contributed by atoms with van der Waals surface area (Å²) in [5.41, 5.74) is -0.0787. The number of ether oxygens (including phenoxy) is 2. The van der Waals surface area contributed by atoms with Crippen LogP contribution in [-0.2, 0) is 9.47 Å². The quantitative estimate of drug-likeness (QED) is 0.538. The lowest BCUT2D eigenvalue weighted by Gasteiger charge is -2.25. The molecule has 3 heteroatoms. The molecule has 17 heavy (non-hydrogen) atoms. The van der Waals surface area contributed by atoms with E-state index in [9.17, 15) is 0 Å². The molecule has 0 atom stereocenters. The van der Waals surface area contributed by atoms with Crippen molar-refractivity contribution in [3.05, 3.63) is 0 Å². The zero-order valence-electron chi connectivity index (χ0n) is 11.8. The predicted octanol–water partition coefficient (Wildman–Crippen LogP) is 3.15. The minimum absolute atomic E-state index is 0.0787. The summed E-state index contributed by atoms with van der Waals surface area (Å²) in [6.45, 7) is 9.04. The molecule has 0 aromatic carbocycles. The van der Waals surface area contributed by atoms with Gasteiger partial charge in [0, 0.05) is 26.4 Å². The lowest BCUT2D eigenvalue weighted by atomic mass is 10.1. The summed E-state index contributed by atoms with van der Waals surface area (Å²) in [5.74, 6) is 0. The van der Waals surface area contributed by atoms with E-state index in [0.29, 0.717) is 0 Å². The average Bonchev–Trinajstić information content (AvgIpc) is 2.29. The van der Waals surface area contributed by atoms with Crippen LogP contribution < -0.4 is 0 Å². The van der Waals surface area contributed by atoms with Crippen LogP contribution in [0.5, 0.6) is 0 Å². The van der Waals surface area contributed by atoms with Crippen molar-refractivity contribution in [2.24, 2.45) is 0 Å². The highest BCUT2D eigenvalue weighted by Crippen LogP contribution is 2.15. The molecule has 1 N–H and O–H groups in total. The van der Waals surface area contributed by atoms with Gasteiger partial charge in [-0.25, -0.2) is 0 Å². The Morgan fingerprint density at radius 3 is 2.29 bits per heavy atom. The first-order valence-corrected chi connectivity index (χ1v) is 6.95. The standard InChI is InChI=1S/C14H30O3/c1-4-5-7-12-17-14(2,3)9-13-16-11-8-6-10-15/h15H,4-13H2,1-3H3. The van der Waals surface area contributed by atoms with E-state index in [-0.39, 0.29) is 12.2 Å². The van der Waals surface area contributed by atoms with Crippen LogP contribution in [0, 0.1) is 0 Å². The molecule has 0 aliphatic rings. The highest BCUT2D eigenvalue weighted by atomic mass is 16.5. The maximum atomic E-state index is 8.62. The molecule has 0 saturated heterocycles. The highest BCUT2D eigenvalue weighted by Gasteiger charge is 2.17. The Kier molecular flexibility index (Phi) is 10.9. The zero-order chi connectivity index (χ0) is 13.0. The maximum Gasteiger partial charge on any atom is 0.0648 e. The minimum Gasteiger partial charge on any atom is -0.396 e. The van der Waals surface area contributed by atoms with Gasteiger partial charge < -0.3 is 14.6 Å². The van der Waals surface area contributed by atoms with Crippen molar-refractivity contribution in [1.29, 1.82) is 0 Å². The van der Waals surface area contributed by atoms with Crippen molar-refractivity contribution < 1.29 is 14.6 Å². The smallest absolute Gasteiger partial charge is 0.0648 e. The van der Waals surface area contributed by atoms with Crippen LogP contribution in [0.2, 0.25) is 0 Å². The second kappa shape index (κ2) is 11.0. The van der Waals surface area contributed by atoms with E-state index < -0.39 is 0 Å². The first-order valence-electron chi connectivity index (χ1n) is 6.95. The average molecular weight is 246 g/mol. The van der Waals surface area contributed by atoms with Crippen molar-refractivity contribution in [2.45, 2.75) is 64.9 Å². The van der Waals surface area contributed by atoms with E-state index >= 15 is 0 Å². The number of unbranched alkanes of at least 4 members (excludes halogenated alkanes) is 3. The lowest BCUT2D eigenvalue weighted by Crippen LogP contribution is -2.27. The third-order valence-corrected chi connectivity index (χ3v) is 2.79. The summed E-state index contributed by atoms with van der Waals surface area (Å²) in [6.07, 6.45) is 6.33. The van der Waals surface area contributed by atoms with Gasteiger partial charge in [-0.1, -0.05) is 19.8 Å². The number of hydrogen-bond acceptors (Lipinski definition) is 3. The predicted molar refractivity (Wildman–Crippen MR) is 71.3 cm³/mol. The molecular formula is C14H30O3. The largest absolute Gasteiger partial charge is 0.396 e. The van der Waals surface area contributed by atoms with Crippen molar-refractivity contribution in [3.8, 4) is 0 Å². The fourth-order valence-electron chi connectivity index (χ4n) is 1.51. The Labute approximate surface area is 107 Å². The summed E-state index contributed by atoms with van der Waals surface area (Å²) < 4.78 is 11.3. The molecule has 0 amide bonds. The van der Waals surface area contributed by atoms with Crippen LogP contribution in [0.15, 0.2) is 0 Å². The fraction of sp³-hybridized carbons (Fsp3) is 1.00. The molecule has 0 aromatic heterocycles. The summed E-state index contributed by atoms with van der Waals surface area (Å²) in [4.78, 5) is 0. The SMILES string of the molecule is CCCCCOC(C)(C)CCOCCCCO. The van der Waals surface area contributed by atoms with Crippen LogP contribution in [0.25, 0.3) is 0 Å². The molecular weight excluding hydrogens is 216 g/mol. The Morgan fingerprint density at radius 2 is 1.65 bits per heavy atom. The van der Waals surface area contributed by atoms with Crippen LogP contribution >= 0.6 is 0 Å². The van der Waals surface area contributed by atoms with E-state index in [1.807, 2.05) is 0 Å². The van der Waals surface area contributed by atoms with E-state index in [4.69, 9.17) is 14.6 Å². The molecule has 0 bridgehead atoms. The van der Waals surface area contributed by atoms with Gasteiger partial charge in [-0.15, -0.1) is 0 Å². The molecule has 0 aliphatic heterocycles. The topological polar surface area (TPSA) is 38.7 Å². The summed E-state index contributed by atoms with van der Waals surface area (Å²) in [7, 11) is 0. The molecule has 0 aromatic rings. The lowest BCUT2D eigenvalue weighted by molar-refractivity contribution is -0.0423. The number of aliphatic hydroxyl groups is 1. The van der Waals surface area contributed by atoms with Crippen LogP contribution in [0.3, 0.4) is 0 Å². The number of rotatable bonds is 12. The van der Waals surface area contributed by atoms with E-state index in [1.54, 1.807) is 0 Å². The van der Waals surface area contributed by atoms with Crippen LogP contribution in [-0.4, -0.2) is 37.1 Å². The van der Waals surface area contributed by atoms with Crippen LogP contribution in [0.4, 0.5) is 0 Å². The molecule has 0 rings (SSSR count). The van der Waals surface area contributed by atoms with Gasteiger partial charge in [-0.05, 0) is 39.5 Å². The first kappa shape index (κ1) is 16.9. The van der Waals surface area contributed by atoms with Gasteiger partial charge in [0.05, 0.1) is 5.60 Å². The fourth-order valence-corrected chi connectivity index (χ4v) is 1.51. The monoisotopic (exact) mass is 246 g/mol. The van der Waals surface area contributed by atoms with E-state index in [2.05, 4.69) is 20.8 Å². The van der Waals surface area contributed by atoms with Crippen molar-refractivity contribution in [1.82, 2.24) is 0 Å². The van der Waals surface area contributed by atoms with Crippen molar-refractivity contribution in [3.63, 3.8) is 0 Å². The third-order valence-electron chi connectivity index (χ3n) is 2.79. The minimum atomic E-state index is -0.0787. The number of hydrogen-bond donors (Lipinski definition) is 1. The normalized spacial score (nSPS) is 12.0. The highest BCUT2D eigenvalue weighted by molar-refractivity contribution is 4.67. The molecule has 3 nitrogen and oxygen atoms in total. The molecule has 0 unspecified atom stereocenters. The van der Waals surface area contributed by atoms with Crippen molar-refractivity contribution >= 4 is 0 Å². The van der Waals surface area contributed by atoms with Gasteiger partial charge in [0.15, 0.2) is 0 Å². The molecule has 0 radical (unpaired) electrons. The molecule has 0 spiro atoms. The van der Waals surface area contributed by atoms with E-state index in [0.717, 1.165) is 45.5 Å². The van der Waals surface area contributed by atoms with Gasteiger partial charge >= 0.3 is 0 Å². The Balaban J connectivity index is 3.37.